The fraction of sp³-hybridized carbons (Fsp3) is 0.650. The Labute approximate surface area is 184 Å². The van der Waals surface area contributed by atoms with Crippen molar-refractivity contribution in [3.63, 3.8) is 0 Å². The molecule has 0 aromatic carbocycles. The Kier molecular flexibility index (Phi) is 9.43. The van der Waals surface area contributed by atoms with Crippen LogP contribution in [0.1, 0.15) is 44.3 Å². The highest BCUT2D eigenvalue weighted by Gasteiger charge is 2.33. The SMILES string of the molecule is CN=C(NCCCc1nnc2ccccn12)NCC1(CCOC)CCCC1.I. The molecule has 1 saturated carbocycles. The van der Waals surface area contributed by atoms with Gasteiger partial charge < -0.3 is 15.4 Å². The fourth-order valence-corrected chi connectivity index (χ4v) is 3.97. The number of guanidine groups is 1. The van der Waals surface area contributed by atoms with Crippen molar-refractivity contribution >= 4 is 35.6 Å². The highest BCUT2D eigenvalue weighted by Crippen LogP contribution is 2.40. The van der Waals surface area contributed by atoms with Crippen molar-refractivity contribution in [2.75, 3.05) is 33.9 Å². The number of ether oxygens (including phenoxy) is 1. The van der Waals surface area contributed by atoms with Gasteiger partial charge in [0.25, 0.3) is 0 Å². The molecule has 28 heavy (non-hydrogen) atoms. The van der Waals surface area contributed by atoms with E-state index in [1.165, 1.54) is 25.7 Å². The normalized spacial score (nSPS) is 16.1. The summed E-state index contributed by atoms with van der Waals surface area (Å²) in [7, 11) is 3.62. The van der Waals surface area contributed by atoms with Crippen LogP contribution in [0, 0.1) is 5.41 Å². The summed E-state index contributed by atoms with van der Waals surface area (Å²) in [5, 5.41) is 15.4. The van der Waals surface area contributed by atoms with Crippen molar-refractivity contribution in [2.24, 2.45) is 10.4 Å². The molecule has 0 unspecified atom stereocenters. The zero-order valence-corrected chi connectivity index (χ0v) is 19.3. The Bertz CT molecular complexity index is 741. The van der Waals surface area contributed by atoms with Crippen molar-refractivity contribution < 1.29 is 4.74 Å². The maximum Gasteiger partial charge on any atom is 0.190 e. The third-order valence-corrected chi connectivity index (χ3v) is 5.61. The minimum Gasteiger partial charge on any atom is -0.385 e. The van der Waals surface area contributed by atoms with Gasteiger partial charge in [-0.25, -0.2) is 0 Å². The first-order valence-electron chi connectivity index (χ1n) is 9.98. The molecule has 0 atom stereocenters. The van der Waals surface area contributed by atoms with Crippen LogP contribution in [-0.4, -0.2) is 54.4 Å². The Hall–Kier alpha value is -1.42. The van der Waals surface area contributed by atoms with Gasteiger partial charge in [0.15, 0.2) is 11.6 Å². The highest BCUT2D eigenvalue weighted by molar-refractivity contribution is 14.0. The lowest BCUT2D eigenvalue weighted by molar-refractivity contribution is 0.138. The number of aromatic nitrogens is 3. The molecule has 0 amide bonds. The number of nitrogens with one attached hydrogen (secondary N) is 2. The number of aryl methyl sites for hydroxylation is 1. The molecule has 2 heterocycles. The third kappa shape index (κ3) is 6.04. The number of pyridine rings is 1. The van der Waals surface area contributed by atoms with Crippen LogP contribution in [0.15, 0.2) is 29.4 Å². The molecule has 2 N–H and O–H groups in total. The molecule has 2 aromatic heterocycles. The predicted octanol–water partition coefficient (Wildman–Crippen LogP) is 3.04. The number of halogens is 1. The summed E-state index contributed by atoms with van der Waals surface area (Å²) in [6.07, 6.45) is 10.2. The molecule has 1 aliphatic rings. The predicted molar refractivity (Wildman–Crippen MR) is 123 cm³/mol. The lowest BCUT2D eigenvalue weighted by atomic mass is 9.83. The average Bonchev–Trinajstić information content (AvgIpc) is 3.34. The molecule has 1 aliphatic carbocycles. The van der Waals surface area contributed by atoms with E-state index in [4.69, 9.17) is 4.74 Å². The van der Waals surface area contributed by atoms with Crippen molar-refractivity contribution in [1.82, 2.24) is 25.2 Å². The molecule has 0 saturated heterocycles. The molecule has 7 nitrogen and oxygen atoms in total. The van der Waals surface area contributed by atoms with E-state index in [-0.39, 0.29) is 24.0 Å². The van der Waals surface area contributed by atoms with Crippen LogP contribution in [0.2, 0.25) is 0 Å². The summed E-state index contributed by atoms with van der Waals surface area (Å²) in [6.45, 7) is 2.65. The van der Waals surface area contributed by atoms with Gasteiger partial charge in [-0.3, -0.25) is 9.39 Å². The third-order valence-electron chi connectivity index (χ3n) is 5.61. The van der Waals surface area contributed by atoms with Gasteiger partial charge >= 0.3 is 0 Å². The first kappa shape index (κ1) is 22.9. The molecule has 0 aliphatic heterocycles. The zero-order chi connectivity index (χ0) is 19.0. The number of rotatable bonds is 9. The van der Waals surface area contributed by atoms with E-state index in [9.17, 15) is 0 Å². The summed E-state index contributed by atoms with van der Waals surface area (Å²) in [5.74, 6) is 1.88. The van der Waals surface area contributed by atoms with Crippen molar-refractivity contribution in [1.29, 1.82) is 0 Å². The molecule has 156 valence electrons. The average molecular weight is 500 g/mol. The van der Waals surface area contributed by atoms with Crippen LogP contribution >= 0.6 is 24.0 Å². The Morgan fingerprint density at radius 3 is 2.82 bits per heavy atom. The van der Waals surface area contributed by atoms with E-state index in [1.54, 1.807) is 7.11 Å². The number of nitrogens with zero attached hydrogens (tertiary/aromatic N) is 4. The van der Waals surface area contributed by atoms with Gasteiger partial charge in [-0.1, -0.05) is 18.9 Å². The van der Waals surface area contributed by atoms with Gasteiger partial charge in [-0.05, 0) is 43.2 Å². The van der Waals surface area contributed by atoms with Gasteiger partial charge in [0, 0.05) is 46.5 Å². The molecule has 8 heteroatoms. The van der Waals surface area contributed by atoms with E-state index < -0.39 is 0 Å². The van der Waals surface area contributed by atoms with Gasteiger partial charge in [-0.15, -0.1) is 34.2 Å². The lowest BCUT2D eigenvalue weighted by Crippen LogP contribution is -2.43. The van der Waals surface area contributed by atoms with E-state index in [2.05, 4.69) is 25.8 Å². The zero-order valence-electron chi connectivity index (χ0n) is 17.0. The van der Waals surface area contributed by atoms with Crippen LogP contribution in [0.5, 0.6) is 0 Å². The van der Waals surface area contributed by atoms with Crippen LogP contribution in [0.4, 0.5) is 0 Å². The van der Waals surface area contributed by atoms with E-state index >= 15 is 0 Å². The monoisotopic (exact) mass is 500 g/mol. The van der Waals surface area contributed by atoms with Gasteiger partial charge in [0.2, 0.25) is 0 Å². The van der Waals surface area contributed by atoms with E-state index in [0.717, 1.165) is 56.4 Å². The van der Waals surface area contributed by atoms with Crippen LogP contribution < -0.4 is 10.6 Å². The minimum atomic E-state index is 0. The fourth-order valence-electron chi connectivity index (χ4n) is 3.97. The smallest absolute Gasteiger partial charge is 0.190 e. The minimum absolute atomic E-state index is 0. The van der Waals surface area contributed by atoms with Crippen LogP contribution in [0.3, 0.4) is 0 Å². The maximum atomic E-state index is 5.32. The first-order chi connectivity index (χ1) is 13.3. The Morgan fingerprint density at radius 1 is 1.25 bits per heavy atom. The summed E-state index contributed by atoms with van der Waals surface area (Å²) in [5.41, 5.74) is 1.25. The number of methoxy groups -OCH3 is 1. The Balaban J connectivity index is 0.00000280. The summed E-state index contributed by atoms with van der Waals surface area (Å²) >= 11 is 0. The number of hydrogen-bond acceptors (Lipinski definition) is 4. The Morgan fingerprint density at radius 2 is 2.07 bits per heavy atom. The second kappa shape index (κ2) is 11.5. The number of fused-ring (bicyclic) bond motifs is 1. The second-order valence-corrected chi connectivity index (χ2v) is 7.45. The van der Waals surface area contributed by atoms with Gasteiger partial charge in [0.05, 0.1) is 0 Å². The van der Waals surface area contributed by atoms with Crippen molar-refractivity contribution in [3.8, 4) is 0 Å². The largest absolute Gasteiger partial charge is 0.385 e. The molecule has 0 spiro atoms. The number of hydrogen-bond donors (Lipinski definition) is 2. The van der Waals surface area contributed by atoms with Gasteiger partial charge in [0.1, 0.15) is 5.82 Å². The summed E-state index contributed by atoms with van der Waals surface area (Å²) < 4.78 is 7.37. The number of aliphatic imine (C=N–C) groups is 1. The standard InChI is InChI=1S/C20H32N6O.HI/c1-21-19(23-16-20(12-15-27-2)10-4-5-11-20)22-13-7-9-18-25-24-17-8-3-6-14-26(17)18;/h3,6,8,14H,4-5,7,9-13,15-16H2,1-2H3,(H2,21,22,23);1H. The topological polar surface area (TPSA) is 75.8 Å². The molecule has 3 rings (SSSR count). The summed E-state index contributed by atoms with van der Waals surface area (Å²) in [4.78, 5) is 4.37. The molecular formula is C20H33IN6O. The maximum absolute atomic E-state index is 5.32. The summed E-state index contributed by atoms with van der Waals surface area (Å²) in [6, 6.07) is 5.96. The lowest BCUT2D eigenvalue weighted by Gasteiger charge is -2.29. The van der Waals surface area contributed by atoms with Crippen molar-refractivity contribution in [3.05, 3.63) is 30.2 Å². The van der Waals surface area contributed by atoms with E-state index in [1.807, 2.05) is 35.8 Å². The van der Waals surface area contributed by atoms with Crippen LogP contribution in [-0.2, 0) is 11.2 Å². The molecule has 1 fully saturated rings. The first-order valence-corrected chi connectivity index (χ1v) is 9.98. The van der Waals surface area contributed by atoms with Crippen molar-refractivity contribution in [2.45, 2.75) is 44.9 Å². The molecule has 0 bridgehead atoms. The molecular weight excluding hydrogens is 467 g/mol. The molecule has 0 radical (unpaired) electrons. The quantitative estimate of drug-likeness (QED) is 0.240. The second-order valence-electron chi connectivity index (χ2n) is 7.45. The molecule has 2 aromatic rings. The van der Waals surface area contributed by atoms with Gasteiger partial charge in [-0.2, -0.15) is 0 Å². The van der Waals surface area contributed by atoms with E-state index in [0.29, 0.717) is 5.41 Å². The highest BCUT2D eigenvalue weighted by atomic mass is 127. The van der Waals surface area contributed by atoms with Crippen LogP contribution in [0.25, 0.3) is 5.65 Å².